The fourth-order valence-corrected chi connectivity index (χ4v) is 6.74. The molecule has 2 aliphatic rings. The lowest BCUT2D eigenvalue weighted by molar-refractivity contribution is -0.148. The first kappa shape index (κ1) is 23.1. The third-order valence-electron chi connectivity index (χ3n) is 5.60. The van der Waals surface area contributed by atoms with E-state index in [4.69, 9.17) is 9.47 Å². The van der Waals surface area contributed by atoms with Gasteiger partial charge in [-0.05, 0) is 37.1 Å². The van der Waals surface area contributed by atoms with Crippen molar-refractivity contribution in [2.75, 3.05) is 33.4 Å². The summed E-state index contributed by atoms with van der Waals surface area (Å²) < 4.78 is 65.4. The standard InChI is InChI=1S/C19H28N2O7S2/c1-27-18(22)19(10-4-2-3-5-11-19)20-29(23,24)16-6-8-17(9-7-16)30(25,26)21-12-14-28-15-13-21/h6-9,20H,2-5,10-15H2,1H3. The van der Waals surface area contributed by atoms with Gasteiger partial charge in [0.1, 0.15) is 5.54 Å². The molecular formula is C19H28N2O7S2. The van der Waals surface area contributed by atoms with Crippen molar-refractivity contribution in [3.63, 3.8) is 0 Å². The van der Waals surface area contributed by atoms with E-state index in [1.165, 1.54) is 35.7 Å². The number of nitrogens with one attached hydrogen (secondary N) is 1. The third kappa shape index (κ3) is 4.86. The number of ether oxygens (including phenoxy) is 2. The molecule has 2 fully saturated rings. The van der Waals surface area contributed by atoms with Gasteiger partial charge < -0.3 is 9.47 Å². The second kappa shape index (κ2) is 9.31. The number of carbonyl (C=O) groups excluding carboxylic acids is 1. The topological polar surface area (TPSA) is 119 Å². The lowest BCUT2D eigenvalue weighted by atomic mass is 9.92. The van der Waals surface area contributed by atoms with E-state index in [0.29, 0.717) is 38.9 Å². The maximum Gasteiger partial charge on any atom is 0.327 e. The Kier molecular flexibility index (Phi) is 7.18. The van der Waals surface area contributed by atoms with Crippen LogP contribution in [0.1, 0.15) is 38.5 Å². The van der Waals surface area contributed by atoms with E-state index in [2.05, 4.69) is 4.72 Å². The number of sulfonamides is 2. The van der Waals surface area contributed by atoms with Crippen LogP contribution in [0.25, 0.3) is 0 Å². The van der Waals surface area contributed by atoms with E-state index in [1.807, 2.05) is 0 Å². The lowest BCUT2D eigenvalue weighted by Gasteiger charge is -2.30. The summed E-state index contributed by atoms with van der Waals surface area (Å²) in [6.07, 6.45) is 4.01. The smallest absolute Gasteiger partial charge is 0.327 e. The fraction of sp³-hybridized carbons (Fsp3) is 0.632. The quantitative estimate of drug-likeness (QED) is 0.501. The number of benzene rings is 1. The number of rotatable bonds is 6. The summed E-state index contributed by atoms with van der Waals surface area (Å²) in [5.74, 6) is -0.598. The third-order valence-corrected chi connectivity index (χ3v) is 9.07. The van der Waals surface area contributed by atoms with Crippen molar-refractivity contribution in [3.8, 4) is 0 Å². The van der Waals surface area contributed by atoms with Crippen LogP contribution in [0.15, 0.2) is 34.1 Å². The number of methoxy groups -OCH3 is 1. The Labute approximate surface area is 177 Å². The molecule has 0 radical (unpaired) electrons. The minimum absolute atomic E-state index is 0.0143. The van der Waals surface area contributed by atoms with Crippen molar-refractivity contribution in [1.82, 2.24) is 9.03 Å². The molecule has 0 bridgehead atoms. The molecular weight excluding hydrogens is 432 g/mol. The average Bonchev–Trinajstić information content (AvgIpc) is 3.00. The highest BCUT2D eigenvalue weighted by molar-refractivity contribution is 7.89. The Morgan fingerprint density at radius 1 is 0.967 bits per heavy atom. The van der Waals surface area contributed by atoms with E-state index in [-0.39, 0.29) is 22.9 Å². The second-order valence-corrected chi connectivity index (χ2v) is 11.2. The van der Waals surface area contributed by atoms with Gasteiger partial charge in [-0.1, -0.05) is 25.7 Å². The van der Waals surface area contributed by atoms with Gasteiger partial charge in [0.05, 0.1) is 30.1 Å². The predicted octanol–water partition coefficient (Wildman–Crippen LogP) is 1.25. The molecule has 1 saturated carbocycles. The highest BCUT2D eigenvalue weighted by atomic mass is 32.2. The summed E-state index contributed by atoms with van der Waals surface area (Å²) in [5.41, 5.74) is -1.30. The van der Waals surface area contributed by atoms with Crippen molar-refractivity contribution in [1.29, 1.82) is 0 Å². The number of carbonyl (C=O) groups is 1. The normalized spacial score (nSPS) is 21.0. The van der Waals surface area contributed by atoms with Gasteiger partial charge in [0.25, 0.3) is 0 Å². The molecule has 1 aromatic rings. The molecule has 0 aromatic heterocycles. The Morgan fingerprint density at radius 3 is 2.03 bits per heavy atom. The van der Waals surface area contributed by atoms with Crippen molar-refractivity contribution in [2.24, 2.45) is 0 Å². The Bertz CT molecular complexity index is 945. The molecule has 1 heterocycles. The zero-order chi connectivity index (χ0) is 21.8. The van der Waals surface area contributed by atoms with Crippen LogP contribution in [-0.4, -0.2) is 66.1 Å². The molecule has 3 rings (SSSR count). The van der Waals surface area contributed by atoms with Gasteiger partial charge in [0, 0.05) is 13.1 Å². The highest BCUT2D eigenvalue weighted by Gasteiger charge is 2.43. The van der Waals surface area contributed by atoms with E-state index < -0.39 is 31.6 Å². The van der Waals surface area contributed by atoms with Crippen LogP contribution in [0.4, 0.5) is 0 Å². The van der Waals surface area contributed by atoms with Crippen molar-refractivity contribution in [2.45, 2.75) is 53.9 Å². The molecule has 11 heteroatoms. The van der Waals surface area contributed by atoms with Crippen LogP contribution in [0.2, 0.25) is 0 Å². The molecule has 1 aromatic carbocycles. The summed E-state index contributed by atoms with van der Waals surface area (Å²) in [7, 11) is -6.53. The van der Waals surface area contributed by atoms with Crippen LogP contribution in [0.5, 0.6) is 0 Å². The average molecular weight is 461 g/mol. The molecule has 1 saturated heterocycles. The first-order valence-corrected chi connectivity index (χ1v) is 12.9. The first-order chi connectivity index (χ1) is 14.2. The largest absolute Gasteiger partial charge is 0.468 e. The van der Waals surface area contributed by atoms with Crippen LogP contribution < -0.4 is 4.72 Å². The monoisotopic (exact) mass is 460 g/mol. The Morgan fingerprint density at radius 2 is 1.50 bits per heavy atom. The Balaban J connectivity index is 1.84. The van der Waals surface area contributed by atoms with Gasteiger partial charge in [-0.15, -0.1) is 0 Å². The number of hydrogen-bond donors (Lipinski definition) is 1. The molecule has 0 unspecified atom stereocenters. The fourth-order valence-electron chi connectivity index (χ4n) is 3.92. The zero-order valence-electron chi connectivity index (χ0n) is 17.0. The summed E-state index contributed by atoms with van der Waals surface area (Å²) in [6, 6.07) is 5.04. The van der Waals surface area contributed by atoms with Gasteiger partial charge in [-0.25, -0.2) is 16.8 Å². The molecule has 0 spiro atoms. The number of esters is 1. The molecule has 168 valence electrons. The number of hydrogen-bond acceptors (Lipinski definition) is 7. The molecule has 1 aliphatic carbocycles. The summed E-state index contributed by atoms with van der Waals surface area (Å²) in [6.45, 7) is 1.16. The van der Waals surface area contributed by atoms with E-state index >= 15 is 0 Å². The highest BCUT2D eigenvalue weighted by Crippen LogP contribution is 2.30. The predicted molar refractivity (Wildman–Crippen MR) is 109 cm³/mol. The minimum atomic E-state index is -4.06. The molecule has 1 aliphatic heterocycles. The van der Waals surface area contributed by atoms with Crippen molar-refractivity contribution < 1.29 is 31.1 Å². The summed E-state index contributed by atoms with van der Waals surface area (Å²) >= 11 is 0. The molecule has 30 heavy (non-hydrogen) atoms. The van der Waals surface area contributed by atoms with E-state index in [0.717, 1.165) is 12.8 Å². The number of morpholine rings is 1. The van der Waals surface area contributed by atoms with Crippen LogP contribution in [0, 0.1) is 0 Å². The van der Waals surface area contributed by atoms with Gasteiger partial charge in [-0.3, -0.25) is 4.79 Å². The van der Waals surface area contributed by atoms with Crippen molar-refractivity contribution >= 4 is 26.0 Å². The molecule has 9 nitrogen and oxygen atoms in total. The SMILES string of the molecule is COC(=O)C1(NS(=O)(=O)c2ccc(S(=O)(=O)N3CCOCC3)cc2)CCCCCC1. The van der Waals surface area contributed by atoms with Crippen LogP contribution in [-0.2, 0) is 34.3 Å². The van der Waals surface area contributed by atoms with E-state index in [1.54, 1.807) is 0 Å². The zero-order valence-corrected chi connectivity index (χ0v) is 18.6. The maximum atomic E-state index is 13.0. The minimum Gasteiger partial charge on any atom is -0.468 e. The summed E-state index contributed by atoms with van der Waals surface area (Å²) in [5, 5.41) is 0. The van der Waals surface area contributed by atoms with Gasteiger partial charge in [0.15, 0.2) is 0 Å². The van der Waals surface area contributed by atoms with E-state index in [9.17, 15) is 21.6 Å². The second-order valence-electron chi connectivity index (χ2n) is 7.58. The maximum absolute atomic E-state index is 13.0. The molecule has 0 amide bonds. The van der Waals surface area contributed by atoms with Gasteiger partial charge in [-0.2, -0.15) is 9.03 Å². The van der Waals surface area contributed by atoms with Gasteiger partial charge in [0.2, 0.25) is 20.0 Å². The molecule has 1 N–H and O–H groups in total. The summed E-state index contributed by atoms with van der Waals surface area (Å²) in [4.78, 5) is 12.4. The first-order valence-electron chi connectivity index (χ1n) is 10.0. The van der Waals surface area contributed by atoms with Crippen LogP contribution >= 0.6 is 0 Å². The van der Waals surface area contributed by atoms with Crippen molar-refractivity contribution in [3.05, 3.63) is 24.3 Å². The molecule has 0 atom stereocenters. The van der Waals surface area contributed by atoms with Crippen LogP contribution in [0.3, 0.4) is 0 Å². The lowest BCUT2D eigenvalue weighted by Crippen LogP contribution is -2.54. The Hall–Kier alpha value is -1.53. The number of nitrogens with zero attached hydrogens (tertiary/aromatic N) is 1. The van der Waals surface area contributed by atoms with Gasteiger partial charge >= 0.3 is 5.97 Å².